The van der Waals surface area contributed by atoms with E-state index in [9.17, 15) is 0 Å². The molecule has 1 aromatic carbocycles. The van der Waals surface area contributed by atoms with E-state index in [0.29, 0.717) is 5.69 Å². The summed E-state index contributed by atoms with van der Waals surface area (Å²) in [5, 5.41) is 8.81. The zero-order valence-electron chi connectivity index (χ0n) is 12.5. The van der Waals surface area contributed by atoms with Crippen molar-refractivity contribution in [3.63, 3.8) is 0 Å². The number of piperidine rings is 1. The lowest BCUT2D eigenvalue weighted by atomic mass is 9.98. The van der Waals surface area contributed by atoms with Crippen LogP contribution in [0.2, 0.25) is 0 Å². The number of aromatic nitrogens is 3. The molecule has 114 valence electrons. The number of nitriles is 1. The molecule has 2 aromatic heterocycles. The van der Waals surface area contributed by atoms with Crippen molar-refractivity contribution in [2.24, 2.45) is 0 Å². The first kappa shape index (κ1) is 13.7. The summed E-state index contributed by atoms with van der Waals surface area (Å²) in [5.41, 5.74) is 2.07. The number of oxazole rings is 1. The molecule has 1 aliphatic heterocycles. The molecule has 1 atom stereocenters. The maximum atomic E-state index is 8.81. The molecule has 1 fully saturated rings. The molecule has 23 heavy (non-hydrogen) atoms. The summed E-state index contributed by atoms with van der Waals surface area (Å²) in [6.45, 7) is 1.73. The van der Waals surface area contributed by atoms with Crippen LogP contribution in [0.5, 0.6) is 0 Å². The minimum Gasteiger partial charge on any atom is -0.440 e. The standard InChI is InChI=1S/C17H15N5O/c18-8-13-9-20-16(10-19-13)22-7-3-4-12(11-22)17-21-14-5-1-2-6-15(14)23-17/h1-2,5-6,9-10,12H,3-4,7,11H2. The zero-order chi connectivity index (χ0) is 15.6. The maximum Gasteiger partial charge on any atom is 0.200 e. The minimum atomic E-state index is 0.244. The molecule has 0 bridgehead atoms. The molecule has 0 N–H and O–H groups in total. The Hall–Kier alpha value is -2.94. The highest BCUT2D eigenvalue weighted by Gasteiger charge is 2.26. The molecule has 1 aliphatic rings. The van der Waals surface area contributed by atoms with Crippen molar-refractivity contribution in [1.82, 2.24) is 15.0 Å². The van der Waals surface area contributed by atoms with E-state index >= 15 is 0 Å². The van der Waals surface area contributed by atoms with Crippen molar-refractivity contribution in [2.45, 2.75) is 18.8 Å². The van der Waals surface area contributed by atoms with Gasteiger partial charge in [0.05, 0.1) is 18.3 Å². The maximum absolute atomic E-state index is 8.81. The Morgan fingerprint density at radius 2 is 2.13 bits per heavy atom. The number of anilines is 1. The number of hydrogen-bond donors (Lipinski definition) is 0. The van der Waals surface area contributed by atoms with Gasteiger partial charge in [-0.05, 0) is 25.0 Å². The van der Waals surface area contributed by atoms with E-state index in [1.54, 1.807) is 6.20 Å². The largest absolute Gasteiger partial charge is 0.440 e. The van der Waals surface area contributed by atoms with Crippen LogP contribution >= 0.6 is 0 Å². The van der Waals surface area contributed by atoms with Gasteiger partial charge >= 0.3 is 0 Å². The molecule has 6 heteroatoms. The number of hydrogen-bond acceptors (Lipinski definition) is 6. The third-order valence-electron chi connectivity index (χ3n) is 4.16. The number of benzene rings is 1. The van der Waals surface area contributed by atoms with Gasteiger partial charge in [-0.15, -0.1) is 0 Å². The topological polar surface area (TPSA) is 78.8 Å². The third kappa shape index (κ3) is 2.61. The molecule has 0 amide bonds. The summed E-state index contributed by atoms with van der Waals surface area (Å²) in [6.07, 6.45) is 5.27. The Morgan fingerprint density at radius 3 is 2.91 bits per heavy atom. The normalized spacial score (nSPS) is 18.0. The number of rotatable bonds is 2. The lowest BCUT2D eigenvalue weighted by Gasteiger charge is -2.31. The van der Waals surface area contributed by atoms with Crippen molar-refractivity contribution < 1.29 is 4.42 Å². The monoisotopic (exact) mass is 305 g/mol. The smallest absolute Gasteiger partial charge is 0.200 e. The molecule has 4 rings (SSSR count). The second kappa shape index (κ2) is 5.69. The molecule has 1 unspecified atom stereocenters. The molecule has 0 aliphatic carbocycles. The van der Waals surface area contributed by atoms with Crippen molar-refractivity contribution >= 4 is 16.9 Å². The molecule has 0 spiro atoms. The Balaban J connectivity index is 1.57. The average Bonchev–Trinajstić information content (AvgIpc) is 3.06. The fraction of sp³-hybridized carbons (Fsp3) is 0.294. The van der Waals surface area contributed by atoms with E-state index in [4.69, 9.17) is 9.68 Å². The second-order valence-electron chi connectivity index (χ2n) is 5.68. The van der Waals surface area contributed by atoms with E-state index in [-0.39, 0.29) is 5.92 Å². The van der Waals surface area contributed by atoms with Crippen LogP contribution in [0.1, 0.15) is 30.3 Å². The molecule has 6 nitrogen and oxygen atoms in total. The van der Waals surface area contributed by atoms with Gasteiger partial charge < -0.3 is 9.32 Å². The summed E-state index contributed by atoms with van der Waals surface area (Å²) >= 11 is 0. The van der Waals surface area contributed by atoms with Crippen molar-refractivity contribution in [2.75, 3.05) is 18.0 Å². The Kier molecular flexibility index (Phi) is 3.39. The molecule has 0 radical (unpaired) electrons. The van der Waals surface area contributed by atoms with Crippen LogP contribution in [0.25, 0.3) is 11.1 Å². The first-order valence-electron chi connectivity index (χ1n) is 7.66. The van der Waals surface area contributed by atoms with E-state index in [1.165, 1.54) is 6.20 Å². The average molecular weight is 305 g/mol. The van der Waals surface area contributed by atoms with Crippen LogP contribution in [0.15, 0.2) is 41.1 Å². The summed E-state index contributed by atoms with van der Waals surface area (Å²) in [5.74, 6) is 1.83. The molecular formula is C17H15N5O. The predicted octanol–water partition coefficient (Wildman–Crippen LogP) is 2.87. The Labute approximate surface area is 133 Å². The minimum absolute atomic E-state index is 0.244. The summed E-state index contributed by atoms with van der Waals surface area (Å²) in [4.78, 5) is 15.2. The van der Waals surface area contributed by atoms with Gasteiger partial charge in [-0.25, -0.2) is 15.0 Å². The van der Waals surface area contributed by atoms with Gasteiger partial charge in [0.15, 0.2) is 17.2 Å². The van der Waals surface area contributed by atoms with Gasteiger partial charge in [-0.2, -0.15) is 5.26 Å². The van der Waals surface area contributed by atoms with Gasteiger partial charge in [0.1, 0.15) is 17.4 Å². The first-order valence-corrected chi connectivity index (χ1v) is 7.66. The van der Waals surface area contributed by atoms with Crippen LogP contribution in [-0.2, 0) is 0 Å². The third-order valence-corrected chi connectivity index (χ3v) is 4.16. The highest BCUT2D eigenvalue weighted by Crippen LogP contribution is 2.30. The van der Waals surface area contributed by atoms with Crippen LogP contribution in [0.4, 0.5) is 5.82 Å². The van der Waals surface area contributed by atoms with E-state index in [0.717, 1.165) is 48.7 Å². The van der Waals surface area contributed by atoms with Crippen LogP contribution in [-0.4, -0.2) is 28.0 Å². The van der Waals surface area contributed by atoms with Crippen molar-refractivity contribution in [3.8, 4) is 6.07 Å². The summed E-state index contributed by atoms with van der Waals surface area (Å²) in [7, 11) is 0. The number of fused-ring (bicyclic) bond motifs is 1. The molecule has 3 aromatic rings. The van der Waals surface area contributed by atoms with E-state index < -0.39 is 0 Å². The summed E-state index contributed by atoms with van der Waals surface area (Å²) in [6, 6.07) is 9.82. The van der Waals surface area contributed by atoms with Gasteiger partial charge in [-0.1, -0.05) is 12.1 Å². The summed E-state index contributed by atoms with van der Waals surface area (Å²) < 4.78 is 5.91. The van der Waals surface area contributed by atoms with E-state index in [1.807, 2.05) is 30.3 Å². The molecule has 3 heterocycles. The predicted molar refractivity (Wildman–Crippen MR) is 84.9 cm³/mol. The van der Waals surface area contributed by atoms with Crippen LogP contribution < -0.4 is 4.90 Å². The van der Waals surface area contributed by atoms with E-state index in [2.05, 4.69) is 19.9 Å². The SMILES string of the molecule is N#Cc1cnc(N2CCCC(c3nc4ccccc4o3)C2)cn1. The van der Waals surface area contributed by atoms with Crippen LogP contribution in [0.3, 0.4) is 0 Å². The van der Waals surface area contributed by atoms with Crippen molar-refractivity contribution in [1.29, 1.82) is 5.26 Å². The first-order chi connectivity index (χ1) is 11.3. The van der Waals surface area contributed by atoms with Gasteiger partial charge in [0.25, 0.3) is 0 Å². The molecular weight excluding hydrogens is 290 g/mol. The Morgan fingerprint density at radius 1 is 1.22 bits per heavy atom. The highest BCUT2D eigenvalue weighted by molar-refractivity contribution is 5.72. The van der Waals surface area contributed by atoms with Gasteiger partial charge in [-0.3, -0.25) is 0 Å². The fourth-order valence-corrected chi connectivity index (χ4v) is 2.99. The fourth-order valence-electron chi connectivity index (χ4n) is 2.99. The Bertz CT molecular complexity index is 832. The number of para-hydroxylation sites is 2. The molecule has 1 saturated heterocycles. The lowest BCUT2D eigenvalue weighted by Crippen LogP contribution is -2.35. The van der Waals surface area contributed by atoms with Crippen LogP contribution in [0, 0.1) is 11.3 Å². The quantitative estimate of drug-likeness (QED) is 0.724. The second-order valence-corrected chi connectivity index (χ2v) is 5.68. The van der Waals surface area contributed by atoms with Gasteiger partial charge in [0.2, 0.25) is 0 Å². The highest BCUT2D eigenvalue weighted by atomic mass is 16.3. The lowest BCUT2D eigenvalue weighted by molar-refractivity contribution is 0.412. The van der Waals surface area contributed by atoms with Gasteiger partial charge in [0, 0.05) is 13.1 Å². The molecule has 0 saturated carbocycles. The number of nitrogens with zero attached hydrogens (tertiary/aromatic N) is 5. The zero-order valence-corrected chi connectivity index (χ0v) is 12.5. The van der Waals surface area contributed by atoms with Crippen molar-refractivity contribution in [3.05, 3.63) is 48.2 Å².